The van der Waals surface area contributed by atoms with Gasteiger partial charge in [-0.2, -0.15) is 0 Å². The highest BCUT2D eigenvalue weighted by molar-refractivity contribution is 5.80. The smallest absolute Gasteiger partial charge is 0.293 e. The van der Waals surface area contributed by atoms with Gasteiger partial charge < -0.3 is 4.74 Å². The predicted octanol–water partition coefficient (Wildman–Crippen LogP) is 2.88. The molecule has 5 nitrogen and oxygen atoms in total. The van der Waals surface area contributed by atoms with E-state index in [0.29, 0.717) is 6.47 Å². The van der Waals surface area contributed by atoms with Gasteiger partial charge in [0.1, 0.15) is 6.61 Å². The molecule has 0 N–H and O–H groups in total. The highest BCUT2D eigenvalue weighted by Gasteiger charge is 2.30. The minimum atomic E-state index is -0.416. The number of carbonyl (C=O) groups is 1. The molecule has 0 fully saturated rings. The van der Waals surface area contributed by atoms with Crippen LogP contribution >= 0.6 is 0 Å². The highest BCUT2D eigenvalue weighted by atomic mass is 16.6. The van der Waals surface area contributed by atoms with Crippen molar-refractivity contribution in [1.29, 1.82) is 0 Å². The van der Waals surface area contributed by atoms with Crippen molar-refractivity contribution in [3.8, 4) is 11.1 Å². The summed E-state index contributed by atoms with van der Waals surface area (Å²) in [6.07, 6.45) is 0. The summed E-state index contributed by atoms with van der Waals surface area (Å²) in [5.41, 5.74) is 3.92. The van der Waals surface area contributed by atoms with Crippen molar-refractivity contribution in [2.75, 3.05) is 6.61 Å². The van der Waals surface area contributed by atoms with Gasteiger partial charge in [-0.15, -0.1) is 0 Å². The number of nitrogens with zero attached hydrogens (tertiary/aromatic N) is 1. The van der Waals surface area contributed by atoms with Gasteiger partial charge in [-0.3, -0.25) is 14.9 Å². The van der Waals surface area contributed by atoms with Crippen LogP contribution in [-0.4, -0.2) is 18.0 Å². The zero-order chi connectivity index (χ0) is 14.1. The Labute approximate surface area is 115 Å². The van der Waals surface area contributed by atoms with E-state index in [1.807, 2.05) is 24.3 Å². The van der Waals surface area contributed by atoms with Gasteiger partial charge in [0.15, 0.2) is 0 Å². The third kappa shape index (κ3) is 1.84. The molecule has 0 radical (unpaired) electrons. The Morgan fingerprint density at radius 1 is 1.15 bits per heavy atom. The first-order valence-electron chi connectivity index (χ1n) is 6.15. The van der Waals surface area contributed by atoms with Crippen LogP contribution in [0.15, 0.2) is 42.5 Å². The van der Waals surface area contributed by atoms with Gasteiger partial charge in [-0.25, -0.2) is 0 Å². The van der Waals surface area contributed by atoms with E-state index < -0.39 is 4.92 Å². The Balaban J connectivity index is 2.14. The molecular formula is C15H11NO4. The molecule has 20 heavy (non-hydrogen) atoms. The number of ether oxygens (including phenoxy) is 1. The summed E-state index contributed by atoms with van der Waals surface area (Å²) in [6, 6.07) is 12.6. The van der Waals surface area contributed by atoms with Gasteiger partial charge in [0.05, 0.1) is 4.92 Å². The number of nitro groups is 1. The molecular weight excluding hydrogens is 258 g/mol. The molecule has 1 aliphatic rings. The molecule has 2 aromatic rings. The summed E-state index contributed by atoms with van der Waals surface area (Å²) in [5, 5.41) is 10.9. The summed E-state index contributed by atoms with van der Waals surface area (Å²) < 4.78 is 4.88. The van der Waals surface area contributed by atoms with Crippen LogP contribution in [0.3, 0.4) is 0 Å². The molecule has 1 unspecified atom stereocenters. The normalized spacial score (nSPS) is 15.3. The van der Waals surface area contributed by atoms with Gasteiger partial charge in [-0.1, -0.05) is 24.3 Å². The Kier molecular flexibility index (Phi) is 2.95. The van der Waals surface area contributed by atoms with E-state index in [-0.39, 0.29) is 18.2 Å². The number of non-ortho nitro benzene ring substituents is 1. The quantitative estimate of drug-likeness (QED) is 0.486. The van der Waals surface area contributed by atoms with Gasteiger partial charge in [0.2, 0.25) is 0 Å². The van der Waals surface area contributed by atoms with E-state index >= 15 is 0 Å². The van der Waals surface area contributed by atoms with Gasteiger partial charge >= 0.3 is 0 Å². The van der Waals surface area contributed by atoms with E-state index in [2.05, 4.69) is 0 Å². The largest absolute Gasteiger partial charge is 0.467 e. The lowest BCUT2D eigenvalue weighted by Gasteiger charge is -2.11. The fourth-order valence-electron chi connectivity index (χ4n) is 2.73. The summed E-state index contributed by atoms with van der Waals surface area (Å²) >= 11 is 0. The van der Waals surface area contributed by atoms with Crippen molar-refractivity contribution in [2.24, 2.45) is 0 Å². The molecule has 0 saturated heterocycles. The van der Waals surface area contributed by atoms with E-state index in [9.17, 15) is 14.9 Å². The fourth-order valence-corrected chi connectivity index (χ4v) is 2.73. The maximum Gasteiger partial charge on any atom is 0.293 e. The summed E-state index contributed by atoms with van der Waals surface area (Å²) in [5.74, 6) is -0.147. The van der Waals surface area contributed by atoms with Gasteiger partial charge in [0.25, 0.3) is 12.2 Å². The summed E-state index contributed by atoms with van der Waals surface area (Å²) in [6.45, 7) is 0.590. The molecule has 0 saturated carbocycles. The van der Waals surface area contributed by atoms with Crippen LogP contribution in [0.25, 0.3) is 11.1 Å². The van der Waals surface area contributed by atoms with Crippen molar-refractivity contribution in [3.63, 3.8) is 0 Å². The van der Waals surface area contributed by atoms with Crippen molar-refractivity contribution in [2.45, 2.75) is 5.92 Å². The lowest BCUT2D eigenvalue weighted by Crippen LogP contribution is -2.06. The van der Waals surface area contributed by atoms with Gasteiger partial charge in [0, 0.05) is 18.1 Å². The average Bonchev–Trinajstić information content (AvgIpc) is 2.78. The molecule has 0 heterocycles. The Hall–Kier alpha value is -2.69. The number of nitro benzene ring substituents is 1. The van der Waals surface area contributed by atoms with E-state index in [1.54, 1.807) is 12.1 Å². The van der Waals surface area contributed by atoms with E-state index in [0.717, 1.165) is 22.3 Å². The number of rotatable bonds is 4. The number of hydrogen-bond acceptors (Lipinski definition) is 4. The second-order valence-corrected chi connectivity index (χ2v) is 4.60. The average molecular weight is 269 g/mol. The van der Waals surface area contributed by atoms with Crippen LogP contribution in [0.1, 0.15) is 17.0 Å². The first-order chi connectivity index (χ1) is 9.72. The van der Waals surface area contributed by atoms with Crippen LogP contribution in [-0.2, 0) is 9.53 Å². The first kappa shape index (κ1) is 12.3. The van der Waals surface area contributed by atoms with Crippen LogP contribution in [0.4, 0.5) is 5.69 Å². The molecule has 1 aliphatic carbocycles. The maximum atomic E-state index is 10.9. The second-order valence-electron chi connectivity index (χ2n) is 4.60. The van der Waals surface area contributed by atoms with Crippen LogP contribution in [0.5, 0.6) is 0 Å². The van der Waals surface area contributed by atoms with Crippen molar-refractivity contribution in [3.05, 3.63) is 63.7 Å². The zero-order valence-electron chi connectivity index (χ0n) is 10.5. The minimum absolute atomic E-state index is 0.0488. The van der Waals surface area contributed by atoms with Gasteiger partial charge in [-0.05, 0) is 28.3 Å². The SMILES string of the molecule is O=COCC1c2ccccc2-c2ccc([N+](=O)[O-])cc21. The Morgan fingerprint density at radius 3 is 2.65 bits per heavy atom. The molecule has 2 aromatic carbocycles. The summed E-state index contributed by atoms with van der Waals surface area (Å²) in [4.78, 5) is 20.9. The van der Waals surface area contributed by atoms with E-state index in [4.69, 9.17) is 4.74 Å². The highest BCUT2D eigenvalue weighted by Crippen LogP contribution is 2.45. The number of carbonyl (C=O) groups excluding carboxylic acids is 1. The standard InChI is InChI=1S/C15H11NO4/c17-9-20-8-15-12-4-2-1-3-11(12)13-6-5-10(16(18)19)7-14(13)15/h1-7,9,15H,8H2. The fraction of sp³-hybridized carbons (Fsp3) is 0.133. The number of benzene rings is 2. The van der Waals surface area contributed by atoms with Crippen molar-refractivity contribution >= 4 is 12.2 Å². The first-order valence-corrected chi connectivity index (χ1v) is 6.15. The molecule has 0 aliphatic heterocycles. The van der Waals surface area contributed by atoms with Crippen LogP contribution in [0.2, 0.25) is 0 Å². The molecule has 0 aromatic heterocycles. The minimum Gasteiger partial charge on any atom is -0.467 e. The lowest BCUT2D eigenvalue weighted by molar-refractivity contribution is -0.384. The van der Waals surface area contributed by atoms with Crippen molar-refractivity contribution in [1.82, 2.24) is 0 Å². The lowest BCUT2D eigenvalue weighted by atomic mass is 9.98. The Morgan fingerprint density at radius 2 is 1.90 bits per heavy atom. The Bertz CT molecular complexity index is 696. The third-order valence-corrected chi connectivity index (χ3v) is 3.58. The molecule has 3 rings (SSSR count). The molecule has 0 bridgehead atoms. The zero-order valence-corrected chi connectivity index (χ0v) is 10.5. The number of hydrogen-bond donors (Lipinski definition) is 0. The van der Waals surface area contributed by atoms with E-state index in [1.165, 1.54) is 6.07 Å². The molecule has 0 amide bonds. The maximum absolute atomic E-state index is 10.9. The topological polar surface area (TPSA) is 69.4 Å². The predicted molar refractivity (Wildman–Crippen MR) is 72.4 cm³/mol. The molecule has 1 atom stereocenters. The molecule has 100 valence electrons. The third-order valence-electron chi connectivity index (χ3n) is 3.58. The monoisotopic (exact) mass is 269 g/mol. The number of fused-ring (bicyclic) bond motifs is 3. The van der Waals surface area contributed by atoms with Crippen LogP contribution < -0.4 is 0 Å². The molecule has 0 spiro atoms. The second kappa shape index (κ2) is 4.77. The molecule has 5 heteroatoms. The van der Waals surface area contributed by atoms with Crippen LogP contribution in [0, 0.1) is 10.1 Å². The summed E-state index contributed by atoms with van der Waals surface area (Å²) in [7, 11) is 0. The van der Waals surface area contributed by atoms with Crippen molar-refractivity contribution < 1.29 is 14.5 Å².